The third kappa shape index (κ3) is 3.20. The van der Waals surface area contributed by atoms with Crippen LogP contribution in [-0.4, -0.2) is 18.0 Å². The first-order valence-corrected chi connectivity index (χ1v) is 5.97. The molecule has 0 aliphatic heterocycles. The van der Waals surface area contributed by atoms with Crippen molar-refractivity contribution >= 4 is 5.91 Å². The summed E-state index contributed by atoms with van der Waals surface area (Å²) in [6, 6.07) is 0.407. The molecule has 0 aromatic rings. The van der Waals surface area contributed by atoms with Gasteiger partial charge in [-0.3, -0.25) is 4.79 Å². The smallest absolute Gasteiger partial charge is 0.223 e. The van der Waals surface area contributed by atoms with Crippen LogP contribution in [0.25, 0.3) is 0 Å². The van der Waals surface area contributed by atoms with Crippen LogP contribution in [0.4, 0.5) is 0 Å². The molecule has 0 radical (unpaired) electrons. The Bertz CT molecular complexity index is 228. The molecule has 0 aromatic heterocycles. The Morgan fingerprint density at radius 3 is 2.40 bits per heavy atom. The quantitative estimate of drug-likeness (QED) is 0.729. The highest BCUT2D eigenvalue weighted by atomic mass is 16.1. The van der Waals surface area contributed by atoms with Gasteiger partial charge < -0.3 is 11.1 Å². The van der Waals surface area contributed by atoms with Crippen molar-refractivity contribution in [1.29, 1.82) is 0 Å². The molecule has 1 rings (SSSR count). The monoisotopic (exact) mass is 212 g/mol. The van der Waals surface area contributed by atoms with Gasteiger partial charge >= 0.3 is 0 Å². The van der Waals surface area contributed by atoms with Crippen molar-refractivity contribution in [2.24, 2.45) is 23.5 Å². The normalized spacial score (nSPS) is 36.7. The number of nitrogens with one attached hydrogen (secondary N) is 1. The van der Waals surface area contributed by atoms with Crippen LogP contribution in [0, 0.1) is 17.8 Å². The van der Waals surface area contributed by atoms with E-state index in [1.54, 1.807) is 0 Å². The van der Waals surface area contributed by atoms with E-state index in [1.165, 1.54) is 0 Å². The molecule has 1 saturated carbocycles. The van der Waals surface area contributed by atoms with E-state index in [1.807, 2.05) is 13.8 Å². The third-order valence-corrected chi connectivity index (χ3v) is 3.46. The fourth-order valence-electron chi connectivity index (χ4n) is 2.44. The van der Waals surface area contributed by atoms with Gasteiger partial charge in [-0.1, -0.05) is 13.8 Å². The van der Waals surface area contributed by atoms with E-state index in [0.29, 0.717) is 11.8 Å². The molecule has 0 heterocycles. The number of carbonyl (C=O) groups is 1. The van der Waals surface area contributed by atoms with Crippen molar-refractivity contribution in [3.63, 3.8) is 0 Å². The van der Waals surface area contributed by atoms with Gasteiger partial charge in [0.2, 0.25) is 5.91 Å². The van der Waals surface area contributed by atoms with Crippen molar-refractivity contribution in [3.8, 4) is 0 Å². The molecule has 0 saturated heterocycles. The summed E-state index contributed by atoms with van der Waals surface area (Å²) in [4.78, 5) is 11.9. The highest BCUT2D eigenvalue weighted by Gasteiger charge is 2.34. The van der Waals surface area contributed by atoms with Crippen LogP contribution < -0.4 is 11.1 Å². The molecular formula is C12H24N2O. The first-order chi connectivity index (χ1) is 6.91. The van der Waals surface area contributed by atoms with Crippen molar-refractivity contribution in [1.82, 2.24) is 5.32 Å². The zero-order valence-electron chi connectivity index (χ0n) is 10.3. The van der Waals surface area contributed by atoms with Crippen molar-refractivity contribution in [2.45, 2.75) is 52.6 Å². The summed E-state index contributed by atoms with van der Waals surface area (Å²) in [5, 5.41) is 2.98. The average molecular weight is 212 g/mol. The molecule has 1 fully saturated rings. The molecule has 15 heavy (non-hydrogen) atoms. The number of hydrogen-bond donors (Lipinski definition) is 2. The zero-order chi connectivity index (χ0) is 11.6. The molecule has 3 N–H and O–H groups in total. The Labute approximate surface area is 92.8 Å². The summed E-state index contributed by atoms with van der Waals surface area (Å²) in [5.74, 6) is 1.29. The van der Waals surface area contributed by atoms with Gasteiger partial charge in [-0.05, 0) is 38.5 Å². The zero-order valence-corrected chi connectivity index (χ0v) is 10.3. The molecule has 3 heteroatoms. The standard InChI is InChI=1S/C12H24N2O/c1-7(2)14-12(15)10-6-11(13)9(4)5-8(10)3/h7-11H,5-6,13H2,1-4H3,(H,14,15). The molecule has 0 bridgehead atoms. The SMILES string of the molecule is CC(C)NC(=O)C1CC(N)C(C)CC1C. The maximum atomic E-state index is 11.9. The Morgan fingerprint density at radius 1 is 1.27 bits per heavy atom. The molecule has 88 valence electrons. The highest BCUT2D eigenvalue weighted by molar-refractivity contribution is 5.79. The molecule has 1 aliphatic carbocycles. The van der Waals surface area contributed by atoms with E-state index in [-0.39, 0.29) is 23.9 Å². The van der Waals surface area contributed by atoms with E-state index in [0.717, 1.165) is 12.8 Å². The van der Waals surface area contributed by atoms with E-state index in [4.69, 9.17) is 5.73 Å². The minimum atomic E-state index is 0.110. The van der Waals surface area contributed by atoms with Crippen LogP contribution >= 0.6 is 0 Å². The lowest BCUT2D eigenvalue weighted by Gasteiger charge is -2.36. The van der Waals surface area contributed by atoms with E-state index in [2.05, 4.69) is 19.2 Å². The van der Waals surface area contributed by atoms with Gasteiger partial charge in [-0.2, -0.15) is 0 Å². The first-order valence-electron chi connectivity index (χ1n) is 5.97. The van der Waals surface area contributed by atoms with Crippen LogP contribution in [0.1, 0.15) is 40.5 Å². The Kier molecular flexibility index (Phi) is 4.14. The van der Waals surface area contributed by atoms with Gasteiger partial charge in [-0.15, -0.1) is 0 Å². The third-order valence-electron chi connectivity index (χ3n) is 3.46. The van der Waals surface area contributed by atoms with Gasteiger partial charge in [0, 0.05) is 18.0 Å². The van der Waals surface area contributed by atoms with E-state index in [9.17, 15) is 4.79 Å². The second-order valence-corrected chi connectivity index (χ2v) is 5.36. The Balaban J connectivity index is 2.57. The van der Waals surface area contributed by atoms with Crippen LogP contribution in [0.2, 0.25) is 0 Å². The largest absolute Gasteiger partial charge is 0.354 e. The van der Waals surface area contributed by atoms with Gasteiger partial charge in [-0.25, -0.2) is 0 Å². The van der Waals surface area contributed by atoms with Gasteiger partial charge in [0.05, 0.1) is 0 Å². The van der Waals surface area contributed by atoms with Crippen LogP contribution in [0.3, 0.4) is 0 Å². The summed E-state index contributed by atoms with van der Waals surface area (Å²) in [7, 11) is 0. The molecule has 1 amide bonds. The fourth-order valence-corrected chi connectivity index (χ4v) is 2.44. The second kappa shape index (κ2) is 4.97. The molecule has 1 aliphatic rings. The number of rotatable bonds is 2. The predicted molar refractivity (Wildman–Crippen MR) is 62.3 cm³/mol. The number of carbonyl (C=O) groups excluding carboxylic acids is 1. The molecule has 4 atom stereocenters. The maximum absolute atomic E-state index is 11.9. The van der Waals surface area contributed by atoms with Crippen molar-refractivity contribution in [3.05, 3.63) is 0 Å². The van der Waals surface area contributed by atoms with Crippen LogP contribution in [0.5, 0.6) is 0 Å². The highest BCUT2D eigenvalue weighted by Crippen LogP contribution is 2.32. The van der Waals surface area contributed by atoms with Crippen LogP contribution in [-0.2, 0) is 4.79 Å². The fraction of sp³-hybridized carbons (Fsp3) is 0.917. The summed E-state index contributed by atoms with van der Waals surface area (Å²) >= 11 is 0. The average Bonchev–Trinajstić information content (AvgIpc) is 2.09. The molecule has 3 nitrogen and oxygen atoms in total. The number of hydrogen-bond acceptors (Lipinski definition) is 2. The summed E-state index contributed by atoms with van der Waals surface area (Å²) in [5.41, 5.74) is 6.02. The van der Waals surface area contributed by atoms with Gasteiger partial charge in [0.15, 0.2) is 0 Å². The molecular weight excluding hydrogens is 188 g/mol. The first kappa shape index (κ1) is 12.5. The van der Waals surface area contributed by atoms with Gasteiger partial charge in [0.1, 0.15) is 0 Å². The Morgan fingerprint density at radius 2 is 1.87 bits per heavy atom. The van der Waals surface area contributed by atoms with Crippen molar-refractivity contribution in [2.75, 3.05) is 0 Å². The summed E-state index contributed by atoms with van der Waals surface area (Å²) in [6.45, 7) is 8.33. The topological polar surface area (TPSA) is 55.1 Å². The van der Waals surface area contributed by atoms with E-state index >= 15 is 0 Å². The van der Waals surface area contributed by atoms with Crippen LogP contribution in [0.15, 0.2) is 0 Å². The van der Waals surface area contributed by atoms with Crippen molar-refractivity contribution < 1.29 is 4.79 Å². The number of amides is 1. The maximum Gasteiger partial charge on any atom is 0.223 e. The second-order valence-electron chi connectivity index (χ2n) is 5.36. The molecule has 0 aromatic carbocycles. The van der Waals surface area contributed by atoms with E-state index < -0.39 is 0 Å². The molecule has 0 spiro atoms. The lowest BCUT2D eigenvalue weighted by atomic mass is 9.72. The lowest BCUT2D eigenvalue weighted by molar-refractivity contribution is -0.128. The summed E-state index contributed by atoms with van der Waals surface area (Å²) in [6.07, 6.45) is 1.90. The predicted octanol–water partition coefficient (Wildman–Crippen LogP) is 1.52. The summed E-state index contributed by atoms with van der Waals surface area (Å²) < 4.78 is 0. The minimum Gasteiger partial charge on any atom is -0.354 e. The molecule has 4 unspecified atom stereocenters. The minimum absolute atomic E-state index is 0.110. The lowest BCUT2D eigenvalue weighted by Crippen LogP contribution is -2.46. The number of nitrogens with two attached hydrogens (primary N) is 1. The van der Waals surface area contributed by atoms with Gasteiger partial charge in [0.25, 0.3) is 0 Å². The Hall–Kier alpha value is -0.570.